The lowest BCUT2D eigenvalue weighted by Crippen LogP contribution is -2.66. The van der Waals surface area contributed by atoms with Gasteiger partial charge in [-0.25, -0.2) is 4.79 Å². The van der Waals surface area contributed by atoms with Crippen LogP contribution in [-0.2, 0) is 23.9 Å². The molecule has 2 aliphatic rings. The van der Waals surface area contributed by atoms with Crippen LogP contribution in [0.1, 0.15) is 43.7 Å². The van der Waals surface area contributed by atoms with Crippen LogP contribution in [0.5, 0.6) is 11.7 Å². The molecule has 1 aromatic carbocycles. The molecule has 1 saturated carbocycles. The zero-order chi connectivity index (χ0) is 29.0. The first-order valence-corrected chi connectivity index (χ1v) is 12.6. The van der Waals surface area contributed by atoms with E-state index in [-0.39, 0.29) is 34.6 Å². The Labute approximate surface area is 229 Å². The number of fused-ring (bicyclic) bond motifs is 1. The number of rotatable bonds is 8. The predicted molar refractivity (Wildman–Crippen MR) is 140 cm³/mol. The fourth-order valence-corrected chi connectivity index (χ4v) is 5.35. The maximum absolute atomic E-state index is 13.1. The SMILES string of the molecule is C#CCONC(=O)O[C@H]1[C@@H](O)[C@H](Oc2ccc3c(=O)c(/C(C)=N/OC)c(O)oc3c2C)OC2(CCCC2)[C@@H]1OC. The molecule has 0 bridgehead atoms. The molecule has 0 unspecified atom stereocenters. The number of aromatic hydroxyl groups is 1. The van der Waals surface area contributed by atoms with E-state index in [1.165, 1.54) is 33.3 Å². The largest absolute Gasteiger partial charge is 0.480 e. The molecule has 216 valence electrons. The van der Waals surface area contributed by atoms with Gasteiger partial charge in [0.05, 0.1) is 11.1 Å². The number of carbonyl (C=O) groups excluding carboxylic acids is 1. The Hall–Kier alpha value is -3.83. The summed E-state index contributed by atoms with van der Waals surface area (Å²) in [5.74, 6) is 1.78. The molecule has 1 saturated heterocycles. The Bertz CT molecular complexity index is 1370. The van der Waals surface area contributed by atoms with Crippen molar-refractivity contribution < 1.29 is 48.0 Å². The van der Waals surface area contributed by atoms with Gasteiger partial charge in [-0.05, 0) is 38.8 Å². The number of aryl methyl sites for hydroxylation is 1. The Morgan fingerprint density at radius 3 is 2.67 bits per heavy atom. The highest BCUT2D eigenvalue weighted by molar-refractivity contribution is 6.02. The molecule has 1 aliphatic heterocycles. The van der Waals surface area contributed by atoms with E-state index in [9.17, 15) is 19.8 Å². The molecule has 1 amide bonds. The third-order valence-corrected chi connectivity index (χ3v) is 7.11. The van der Waals surface area contributed by atoms with Gasteiger partial charge in [-0.3, -0.25) is 9.63 Å². The summed E-state index contributed by atoms with van der Waals surface area (Å²) in [6.07, 6.45) is 2.21. The van der Waals surface area contributed by atoms with Crippen molar-refractivity contribution in [3.8, 4) is 24.0 Å². The van der Waals surface area contributed by atoms with Crippen molar-refractivity contribution in [1.29, 1.82) is 0 Å². The molecular formula is C27H32N2O11. The molecule has 4 rings (SSSR count). The maximum Gasteiger partial charge on any atom is 0.431 e. The number of nitrogens with zero attached hydrogens (tertiary/aromatic N) is 1. The number of nitrogens with one attached hydrogen (secondary N) is 1. The summed E-state index contributed by atoms with van der Waals surface area (Å²) >= 11 is 0. The second-order valence-electron chi connectivity index (χ2n) is 9.52. The number of carbonyl (C=O) groups is 1. The van der Waals surface area contributed by atoms with Crippen molar-refractivity contribution in [3.05, 3.63) is 33.5 Å². The van der Waals surface area contributed by atoms with Crippen molar-refractivity contribution in [3.63, 3.8) is 0 Å². The molecule has 4 atom stereocenters. The lowest BCUT2D eigenvalue weighted by molar-refractivity contribution is -0.313. The van der Waals surface area contributed by atoms with Gasteiger partial charge >= 0.3 is 6.09 Å². The summed E-state index contributed by atoms with van der Waals surface area (Å²) in [7, 11) is 2.76. The molecule has 1 spiro atoms. The minimum absolute atomic E-state index is 0.0717. The maximum atomic E-state index is 13.1. The van der Waals surface area contributed by atoms with E-state index in [1.54, 1.807) is 6.92 Å². The summed E-state index contributed by atoms with van der Waals surface area (Å²) in [5, 5.41) is 25.6. The number of hydrogen-bond donors (Lipinski definition) is 3. The molecule has 3 N–H and O–H groups in total. The van der Waals surface area contributed by atoms with E-state index in [2.05, 4.69) is 16.6 Å². The van der Waals surface area contributed by atoms with Gasteiger partial charge in [0.15, 0.2) is 12.2 Å². The Morgan fingerprint density at radius 2 is 2.02 bits per heavy atom. The van der Waals surface area contributed by atoms with Crippen molar-refractivity contribution in [2.45, 2.75) is 69.7 Å². The Morgan fingerprint density at radius 1 is 1.30 bits per heavy atom. The summed E-state index contributed by atoms with van der Waals surface area (Å²) in [6.45, 7) is 2.94. The van der Waals surface area contributed by atoms with E-state index in [4.69, 9.17) is 39.5 Å². The molecule has 1 aromatic heterocycles. The molecule has 13 nitrogen and oxygen atoms in total. The Balaban J connectivity index is 1.67. The first-order valence-electron chi connectivity index (χ1n) is 12.6. The number of methoxy groups -OCH3 is 1. The summed E-state index contributed by atoms with van der Waals surface area (Å²) < 4.78 is 29.2. The normalized spacial score (nSPS) is 24.1. The minimum atomic E-state index is -1.49. The van der Waals surface area contributed by atoms with E-state index in [0.717, 1.165) is 12.8 Å². The average molecular weight is 561 g/mol. The number of terminal acetylenes is 1. The first-order chi connectivity index (χ1) is 19.2. The number of hydroxylamine groups is 1. The first kappa shape index (κ1) is 29.2. The fourth-order valence-electron chi connectivity index (χ4n) is 5.35. The molecule has 2 aromatic rings. The van der Waals surface area contributed by atoms with Crippen LogP contribution in [0, 0.1) is 19.3 Å². The number of hydrogen-bond acceptors (Lipinski definition) is 12. The van der Waals surface area contributed by atoms with Gasteiger partial charge < -0.3 is 38.4 Å². The van der Waals surface area contributed by atoms with Crippen LogP contribution in [0.25, 0.3) is 11.0 Å². The number of oxime groups is 1. The molecule has 2 heterocycles. The summed E-state index contributed by atoms with van der Waals surface area (Å²) in [6, 6.07) is 2.99. The lowest BCUT2D eigenvalue weighted by Gasteiger charge is -2.49. The lowest BCUT2D eigenvalue weighted by atomic mass is 9.85. The quantitative estimate of drug-likeness (QED) is 0.187. The monoisotopic (exact) mass is 560 g/mol. The van der Waals surface area contributed by atoms with Crippen LogP contribution < -0.4 is 15.6 Å². The molecular weight excluding hydrogens is 528 g/mol. The van der Waals surface area contributed by atoms with Crippen LogP contribution in [0.15, 0.2) is 26.5 Å². The minimum Gasteiger partial charge on any atom is -0.480 e. The highest BCUT2D eigenvalue weighted by Gasteiger charge is 2.58. The van der Waals surface area contributed by atoms with Crippen LogP contribution in [0.2, 0.25) is 0 Å². The molecule has 1 aliphatic carbocycles. The van der Waals surface area contributed by atoms with Gasteiger partial charge in [-0.1, -0.05) is 23.9 Å². The zero-order valence-corrected chi connectivity index (χ0v) is 22.6. The van der Waals surface area contributed by atoms with Gasteiger partial charge in [0.25, 0.3) is 5.95 Å². The summed E-state index contributed by atoms with van der Waals surface area (Å²) in [4.78, 5) is 35.0. The van der Waals surface area contributed by atoms with Crippen molar-refractivity contribution in [2.75, 3.05) is 20.8 Å². The van der Waals surface area contributed by atoms with E-state index in [0.29, 0.717) is 18.4 Å². The van der Waals surface area contributed by atoms with Crippen LogP contribution >= 0.6 is 0 Å². The molecule has 13 heteroatoms. The highest BCUT2D eigenvalue weighted by Crippen LogP contribution is 2.45. The van der Waals surface area contributed by atoms with Crippen molar-refractivity contribution in [1.82, 2.24) is 5.48 Å². The van der Waals surface area contributed by atoms with E-state index in [1.807, 2.05) is 0 Å². The summed E-state index contributed by atoms with van der Waals surface area (Å²) in [5.41, 5.74) is 1.10. The number of aliphatic hydroxyl groups is 1. The van der Waals surface area contributed by atoms with Crippen molar-refractivity contribution in [2.24, 2.45) is 5.16 Å². The van der Waals surface area contributed by atoms with Gasteiger partial charge in [0.2, 0.25) is 11.7 Å². The number of amides is 1. The van der Waals surface area contributed by atoms with Crippen LogP contribution in [0.4, 0.5) is 4.79 Å². The Kier molecular flexibility index (Phi) is 8.85. The van der Waals surface area contributed by atoms with Crippen LogP contribution in [0.3, 0.4) is 0 Å². The average Bonchev–Trinajstić information content (AvgIpc) is 3.38. The van der Waals surface area contributed by atoms with E-state index < -0.39 is 47.7 Å². The second-order valence-corrected chi connectivity index (χ2v) is 9.52. The fraction of sp³-hybridized carbons (Fsp3) is 0.519. The molecule has 0 radical (unpaired) electrons. The highest BCUT2D eigenvalue weighted by atomic mass is 16.7. The van der Waals surface area contributed by atoms with Crippen LogP contribution in [-0.4, -0.2) is 73.0 Å². The van der Waals surface area contributed by atoms with Gasteiger partial charge in [-0.2, -0.15) is 5.48 Å². The number of ether oxygens (including phenoxy) is 4. The van der Waals surface area contributed by atoms with Gasteiger partial charge in [-0.15, -0.1) is 6.42 Å². The molecule has 40 heavy (non-hydrogen) atoms. The topological polar surface area (TPSA) is 168 Å². The van der Waals surface area contributed by atoms with Gasteiger partial charge in [0, 0.05) is 12.7 Å². The predicted octanol–water partition coefficient (Wildman–Crippen LogP) is 2.26. The number of benzene rings is 1. The number of aliphatic hydroxyl groups excluding tert-OH is 1. The molecule has 2 fully saturated rings. The second kappa shape index (κ2) is 12.1. The van der Waals surface area contributed by atoms with E-state index >= 15 is 0 Å². The standard InChI is InChI=1S/C27H32N2O11/c1-6-13-36-29-26(33)39-22-20(31)25(40-27(23(22)34-4)11-7-8-12-27)37-17-10-9-16-19(30)18(15(3)28-35-5)24(32)38-21(16)14(17)2/h1,9-10,20,22-23,25,31-32H,7-8,11-13H2,2-5H3,(H,29,33)/b28-15+/t20-,22+,23-,25-/m1/s1. The third-order valence-electron chi connectivity index (χ3n) is 7.11. The smallest absolute Gasteiger partial charge is 0.431 e. The third kappa shape index (κ3) is 5.44. The van der Waals surface area contributed by atoms with Gasteiger partial charge in [0.1, 0.15) is 42.3 Å². The van der Waals surface area contributed by atoms with Crippen molar-refractivity contribution >= 4 is 22.8 Å². The zero-order valence-electron chi connectivity index (χ0n) is 22.6.